The summed E-state index contributed by atoms with van der Waals surface area (Å²) in [5, 5.41) is 0. The van der Waals surface area contributed by atoms with Crippen LogP contribution in [-0.4, -0.2) is 22.6 Å². The van der Waals surface area contributed by atoms with Crippen molar-refractivity contribution in [2.75, 3.05) is 11.4 Å². The standard InChI is InChI=1S/C20H20FN3/c1-13-12-15(21)9-10-16(13)19-20(24-11-5-6-14(24)2)23-18-8-4-3-7-17(18)22-19/h3-4,7-10,12,14H,5-6,11H2,1-2H3. The molecule has 1 aliphatic rings. The van der Waals surface area contributed by atoms with Crippen molar-refractivity contribution in [2.24, 2.45) is 0 Å². The summed E-state index contributed by atoms with van der Waals surface area (Å²) in [4.78, 5) is 12.1. The monoisotopic (exact) mass is 321 g/mol. The maximum absolute atomic E-state index is 13.5. The number of fused-ring (bicyclic) bond motifs is 1. The first-order chi connectivity index (χ1) is 11.6. The van der Waals surface area contributed by atoms with Crippen molar-refractivity contribution in [2.45, 2.75) is 32.7 Å². The second kappa shape index (κ2) is 5.86. The highest BCUT2D eigenvalue weighted by atomic mass is 19.1. The lowest BCUT2D eigenvalue weighted by Crippen LogP contribution is -2.28. The summed E-state index contributed by atoms with van der Waals surface area (Å²) in [5.41, 5.74) is 4.44. The fraction of sp³-hybridized carbons (Fsp3) is 0.300. The average Bonchev–Trinajstić information content (AvgIpc) is 3.00. The third kappa shape index (κ3) is 2.52. The van der Waals surface area contributed by atoms with E-state index in [2.05, 4.69) is 11.8 Å². The van der Waals surface area contributed by atoms with Crippen molar-refractivity contribution < 1.29 is 4.39 Å². The normalized spacial score (nSPS) is 17.6. The van der Waals surface area contributed by atoms with Gasteiger partial charge < -0.3 is 4.90 Å². The van der Waals surface area contributed by atoms with Gasteiger partial charge in [-0.3, -0.25) is 0 Å². The summed E-state index contributed by atoms with van der Waals surface area (Å²) in [6.07, 6.45) is 2.33. The molecule has 2 aromatic carbocycles. The fourth-order valence-electron chi connectivity index (χ4n) is 3.51. The Labute approximate surface area is 141 Å². The summed E-state index contributed by atoms with van der Waals surface area (Å²) < 4.78 is 13.5. The van der Waals surface area contributed by atoms with Crippen molar-refractivity contribution in [1.29, 1.82) is 0 Å². The van der Waals surface area contributed by atoms with E-state index in [0.717, 1.165) is 53.1 Å². The lowest BCUT2D eigenvalue weighted by molar-refractivity contribution is 0.627. The van der Waals surface area contributed by atoms with Crippen molar-refractivity contribution in [3.05, 3.63) is 53.8 Å². The minimum Gasteiger partial charge on any atom is -0.352 e. The molecule has 24 heavy (non-hydrogen) atoms. The Morgan fingerprint density at radius 3 is 2.50 bits per heavy atom. The van der Waals surface area contributed by atoms with Crippen LogP contribution in [-0.2, 0) is 0 Å². The molecule has 2 heterocycles. The number of nitrogens with zero attached hydrogens (tertiary/aromatic N) is 3. The zero-order valence-electron chi connectivity index (χ0n) is 14.0. The molecule has 3 nitrogen and oxygen atoms in total. The zero-order chi connectivity index (χ0) is 16.7. The molecule has 1 fully saturated rings. The first kappa shape index (κ1) is 15.1. The third-order valence-corrected chi connectivity index (χ3v) is 4.82. The highest BCUT2D eigenvalue weighted by Crippen LogP contribution is 2.35. The molecule has 0 radical (unpaired) electrons. The van der Waals surface area contributed by atoms with Crippen molar-refractivity contribution >= 4 is 16.9 Å². The molecule has 0 bridgehead atoms. The first-order valence-corrected chi connectivity index (χ1v) is 8.43. The van der Waals surface area contributed by atoms with Gasteiger partial charge in [-0.15, -0.1) is 0 Å². The van der Waals surface area contributed by atoms with Crippen LogP contribution >= 0.6 is 0 Å². The molecular formula is C20H20FN3. The van der Waals surface area contributed by atoms with Crippen LogP contribution in [0.1, 0.15) is 25.3 Å². The predicted octanol–water partition coefficient (Wildman–Crippen LogP) is 4.73. The molecule has 0 amide bonds. The van der Waals surface area contributed by atoms with E-state index < -0.39 is 0 Å². The molecule has 1 saturated heterocycles. The van der Waals surface area contributed by atoms with E-state index in [1.54, 1.807) is 6.07 Å². The molecule has 122 valence electrons. The smallest absolute Gasteiger partial charge is 0.156 e. The maximum Gasteiger partial charge on any atom is 0.156 e. The van der Waals surface area contributed by atoms with E-state index >= 15 is 0 Å². The van der Waals surface area contributed by atoms with Gasteiger partial charge in [0.1, 0.15) is 11.5 Å². The molecule has 3 aromatic rings. The highest BCUT2D eigenvalue weighted by Gasteiger charge is 2.26. The van der Waals surface area contributed by atoms with Crippen molar-refractivity contribution in [3.8, 4) is 11.3 Å². The van der Waals surface area contributed by atoms with E-state index in [-0.39, 0.29) is 5.82 Å². The number of hydrogen-bond donors (Lipinski definition) is 0. The van der Waals surface area contributed by atoms with E-state index in [1.165, 1.54) is 6.07 Å². The molecule has 1 unspecified atom stereocenters. The minimum absolute atomic E-state index is 0.221. The molecular weight excluding hydrogens is 301 g/mol. The van der Waals surface area contributed by atoms with Crippen LogP contribution < -0.4 is 4.90 Å². The molecule has 1 aliphatic heterocycles. The van der Waals surface area contributed by atoms with Crippen LogP contribution in [0.15, 0.2) is 42.5 Å². The van der Waals surface area contributed by atoms with E-state index in [1.807, 2.05) is 37.3 Å². The van der Waals surface area contributed by atoms with Gasteiger partial charge in [-0.1, -0.05) is 12.1 Å². The Hall–Kier alpha value is -2.49. The molecule has 0 saturated carbocycles. The largest absolute Gasteiger partial charge is 0.352 e. The topological polar surface area (TPSA) is 29.0 Å². The number of aromatic nitrogens is 2. The number of rotatable bonds is 2. The summed E-state index contributed by atoms with van der Waals surface area (Å²) in [5.74, 6) is 0.689. The SMILES string of the molecule is Cc1cc(F)ccc1-c1nc2ccccc2nc1N1CCCC1C. The molecule has 1 aromatic heterocycles. The van der Waals surface area contributed by atoms with Gasteiger partial charge in [0.25, 0.3) is 0 Å². The number of para-hydroxylation sites is 2. The summed E-state index contributed by atoms with van der Waals surface area (Å²) >= 11 is 0. The van der Waals surface area contributed by atoms with Gasteiger partial charge in [-0.2, -0.15) is 0 Å². The number of halogens is 1. The Balaban J connectivity index is 1.97. The Morgan fingerprint density at radius 2 is 1.83 bits per heavy atom. The lowest BCUT2D eigenvalue weighted by atomic mass is 10.0. The van der Waals surface area contributed by atoms with Crippen molar-refractivity contribution in [3.63, 3.8) is 0 Å². The molecule has 1 atom stereocenters. The van der Waals surface area contributed by atoms with Crippen LogP contribution in [0.5, 0.6) is 0 Å². The molecule has 0 spiro atoms. The number of benzene rings is 2. The van der Waals surface area contributed by atoms with Gasteiger partial charge in [0.05, 0.1) is 11.0 Å². The van der Waals surface area contributed by atoms with Crippen LogP contribution in [0.3, 0.4) is 0 Å². The zero-order valence-corrected chi connectivity index (χ0v) is 14.0. The summed E-state index contributed by atoms with van der Waals surface area (Å²) in [7, 11) is 0. The average molecular weight is 321 g/mol. The van der Waals surface area contributed by atoms with E-state index in [0.29, 0.717) is 6.04 Å². The Kier molecular flexibility index (Phi) is 3.68. The van der Waals surface area contributed by atoms with E-state index in [4.69, 9.17) is 9.97 Å². The van der Waals surface area contributed by atoms with E-state index in [9.17, 15) is 4.39 Å². The van der Waals surface area contributed by atoms with Crippen LogP contribution in [0.4, 0.5) is 10.2 Å². The van der Waals surface area contributed by atoms with Gasteiger partial charge >= 0.3 is 0 Å². The molecule has 4 heteroatoms. The highest BCUT2D eigenvalue weighted by molar-refractivity contribution is 5.84. The van der Waals surface area contributed by atoms with Gasteiger partial charge in [0.15, 0.2) is 5.82 Å². The lowest BCUT2D eigenvalue weighted by Gasteiger charge is -2.25. The number of aryl methyl sites for hydroxylation is 1. The van der Waals surface area contributed by atoms with Gasteiger partial charge in [-0.05, 0) is 62.6 Å². The van der Waals surface area contributed by atoms with Gasteiger partial charge in [0, 0.05) is 18.2 Å². The maximum atomic E-state index is 13.5. The second-order valence-electron chi connectivity index (χ2n) is 6.53. The fourth-order valence-corrected chi connectivity index (χ4v) is 3.51. The summed E-state index contributed by atoms with van der Waals surface area (Å²) in [6.45, 7) is 5.14. The van der Waals surface area contributed by atoms with Crippen molar-refractivity contribution in [1.82, 2.24) is 9.97 Å². The van der Waals surface area contributed by atoms with Crippen LogP contribution in [0.2, 0.25) is 0 Å². The van der Waals surface area contributed by atoms with Crippen LogP contribution in [0.25, 0.3) is 22.3 Å². The predicted molar refractivity (Wildman–Crippen MR) is 95.7 cm³/mol. The quantitative estimate of drug-likeness (QED) is 0.683. The molecule has 4 rings (SSSR count). The molecule has 0 N–H and O–H groups in total. The Morgan fingerprint density at radius 1 is 1.08 bits per heavy atom. The third-order valence-electron chi connectivity index (χ3n) is 4.82. The van der Waals surface area contributed by atoms with Gasteiger partial charge in [0.2, 0.25) is 0 Å². The summed E-state index contributed by atoms with van der Waals surface area (Å²) in [6, 6.07) is 13.2. The first-order valence-electron chi connectivity index (χ1n) is 8.43. The second-order valence-corrected chi connectivity index (χ2v) is 6.53. The van der Waals surface area contributed by atoms with Gasteiger partial charge in [-0.25, -0.2) is 14.4 Å². The molecule has 0 aliphatic carbocycles. The minimum atomic E-state index is -0.221. The van der Waals surface area contributed by atoms with Crippen LogP contribution in [0, 0.1) is 12.7 Å². The Bertz CT molecular complexity index is 907. The number of hydrogen-bond acceptors (Lipinski definition) is 3. The number of anilines is 1.